The zero-order chi connectivity index (χ0) is 34.7. The summed E-state index contributed by atoms with van der Waals surface area (Å²) < 4.78 is 8.07. The van der Waals surface area contributed by atoms with Crippen LogP contribution in [0.1, 0.15) is 58.8 Å². The summed E-state index contributed by atoms with van der Waals surface area (Å²) in [5, 5.41) is 18.9. The molecule has 264 valence electrons. The second-order valence-electron chi connectivity index (χ2n) is 11.9. The Morgan fingerprint density at radius 1 is 0.740 bits per heavy atom. The van der Waals surface area contributed by atoms with Gasteiger partial charge in [-0.1, -0.05) is 0 Å². The number of primary amides is 1. The van der Waals surface area contributed by atoms with Crippen molar-refractivity contribution in [3.63, 3.8) is 0 Å². The van der Waals surface area contributed by atoms with Crippen LogP contribution in [0.3, 0.4) is 0 Å². The molecule has 0 aliphatic carbocycles. The third-order valence-electron chi connectivity index (χ3n) is 8.37. The minimum absolute atomic E-state index is 0. The lowest BCUT2D eigenvalue weighted by molar-refractivity contribution is 0.0953. The van der Waals surface area contributed by atoms with Crippen molar-refractivity contribution in [1.82, 2.24) is 44.0 Å². The van der Waals surface area contributed by atoms with Crippen LogP contribution in [0, 0.1) is 13.8 Å². The number of carbonyl (C=O) groups is 2. The second-order valence-corrected chi connectivity index (χ2v) is 11.9. The maximum atomic E-state index is 12.7. The van der Waals surface area contributed by atoms with Gasteiger partial charge in [0, 0.05) is 62.5 Å². The maximum absolute atomic E-state index is 12.7. The average molecular weight is 702 g/mol. The van der Waals surface area contributed by atoms with Gasteiger partial charge in [-0.2, -0.15) is 10.2 Å². The predicted molar refractivity (Wildman–Crippen MR) is 198 cm³/mol. The molecule has 0 spiro atoms. The number of hydrogen-bond donors (Lipinski definition) is 5. The molecule has 0 bridgehead atoms. The average Bonchev–Trinajstić information content (AvgIpc) is 3.83. The molecule has 0 aliphatic rings. The lowest BCUT2D eigenvalue weighted by atomic mass is 10.2. The molecule has 7 N–H and O–H groups in total. The number of aromatic nitrogens is 8. The lowest BCUT2D eigenvalue weighted by Crippen LogP contribution is -2.28. The number of nitrogens with two attached hydrogens (primary N) is 2. The number of imidazole rings is 2. The Labute approximate surface area is 295 Å². The van der Waals surface area contributed by atoms with Gasteiger partial charge in [0.05, 0.1) is 33.5 Å². The summed E-state index contributed by atoms with van der Waals surface area (Å²) in [7, 11) is 0. The zero-order valence-electron chi connectivity index (χ0n) is 28.7. The Hall–Kier alpha value is -5.41. The Kier molecular flexibility index (Phi) is 11.1. The molecular weight excluding hydrogens is 658 g/mol. The molecule has 0 aliphatic heterocycles. The highest BCUT2D eigenvalue weighted by molar-refractivity contribution is 5.98. The van der Waals surface area contributed by atoms with Crippen LogP contribution in [0.4, 0.5) is 23.5 Å². The van der Waals surface area contributed by atoms with E-state index in [1.807, 2.05) is 73.5 Å². The Morgan fingerprint density at radius 3 is 1.68 bits per heavy atom. The highest BCUT2D eigenvalue weighted by Crippen LogP contribution is 2.28. The molecule has 0 radical (unpaired) electrons. The quantitative estimate of drug-likeness (QED) is 0.0951. The van der Waals surface area contributed by atoms with Gasteiger partial charge in [-0.25, -0.2) is 19.3 Å². The van der Waals surface area contributed by atoms with E-state index in [2.05, 4.69) is 35.3 Å². The minimum atomic E-state index is -0.497. The number of aryl methyl sites for hydroxylation is 6. The Morgan fingerprint density at radius 2 is 1.22 bits per heavy atom. The Balaban J connectivity index is 0.00000486. The van der Waals surface area contributed by atoms with Crippen LogP contribution >= 0.6 is 12.4 Å². The number of unbranched alkanes of at least 4 members (excludes halogenated alkanes) is 1. The SMILES string of the molecule is CCn1nc(C)cc1Nc1nc2cc(C(N)=O)ccc2n1CCCCn1c(Nc2cc(C)nn2CC)nc2cc(C(=O)NCCN)ccc21.Cl. The highest BCUT2D eigenvalue weighted by atomic mass is 35.5. The predicted octanol–water partition coefficient (Wildman–Crippen LogP) is 4.61. The van der Waals surface area contributed by atoms with E-state index in [0.29, 0.717) is 73.3 Å². The molecule has 0 saturated carbocycles. The van der Waals surface area contributed by atoms with E-state index in [1.165, 1.54) is 0 Å². The van der Waals surface area contributed by atoms with E-state index >= 15 is 0 Å². The first kappa shape index (κ1) is 35.9. The zero-order valence-corrected chi connectivity index (χ0v) is 29.5. The van der Waals surface area contributed by atoms with E-state index in [4.69, 9.17) is 21.4 Å². The molecule has 0 fully saturated rings. The van der Waals surface area contributed by atoms with E-state index < -0.39 is 5.91 Å². The number of carbonyl (C=O) groups excluding carboxylic acids is 2. The summed E-state index contributed by atoms with van der Waals surface area (Å²) in [5.74, 6) is 2.32. The molecule has 15 nitrogen and oxygen atoms in total. The van der Waals surface area contributed by atoms with Crippen molar-refractivity contribution in [2.24, 2.45) is 11.5 Å². The number of benzene rings is 2. The third-order valence-corrected chi connectivity index (χ3v) is 8.37. The summed E-state index contributed by atoms with van der Waals surface area (Å²) in [6.07, 6.45) is 1.63. The molecule has 0 saturated heterocycles. The topological polar surface area (TPSA) is 194 Å². The minimum Gasteiger partial charge on any atom is -0.366 e. The summed E-state index contributed by atoms with van der Waals surface area (Å²) >= 11 is 0. The van der Waals surface area contributed by atoms with Crippen molar-refractivity contribution in [1.29, 1.82) is 0 Å². The fraction of sp³-hybridized carbons (Fsp3) is 0.353. The van der Waals surface area contributed by atoms with Crippen LogP contribution in [0.15, 0.2) is 48.5 Å². The molecule has 0 unspecified atom stereocenters. The van der Waals surface area contributed by atoms with Gasteiger partial charge in [0.15, 0.2) is 0 Å². The van der Waals surface area contributed by atoms with Crippen LogP contribution in [0.2, 0.25) is 0 Å². The summed E-state index contributed by atoms with van der Waals surface area (Å²) in [6, 6.07) is 14.9. The molecular formula is C34H44ClN13O2. The first-order valence-corrected chi connectivity index (χ1v) is 16.6. The van der Waals surface area contributed by atoms with Gasteiger partial charge in [-0.3, -0.25) is 9.59 Å². The standard InChI is InChI=1S/C34H43N13O2.ClH/c1-5-46-29(17-21(3)42-46)40-33-38-25-19-23(31(36)48)9-11-27(25)44(33)15-7-8-16-45-28-12-10-24(32(49)37-14-13-35)20-26(28)39-34(45)41-30-18-22(4)43-47(30)6-2;/h9-12,17-20H,5-8,13-16,35H2,1-4H3,(H2,36,48)(H,37,49)(H,38,40)(H,39,41);1H. The number of hydrogen-bond acceptors (Lipinski definition) is 9. The third kappa shape index (κ3) is 7.43. The van der Waals surface area contributed by atoms with Gasteiger partial charge in [0.25, 0.3) is 5.91 Å². The van der Waals surface area contributed by atoms with Crippen molar-refractivity contribution < 1.29 is 9.59 Å². The van der Waals surface area contributed by atoms with Gasteiger partial charge in [-0.15, -0.1) is 12.4 Å². The largest absolute Gasteiger partial charge is 0.366 e. The maximum Gasteiger partial charge on any atom is 0.251 e. The molecule has 4 heterocycles. The molecule has 0 atom stereocenters. The molecule has 2 amide bonds. The van der Waals surface area contributed by atoms with Gasteiger partial charge in [0.1, 0.15) is 11.6 Å². The number of nitrogens with one attached hydrogen (secondary N) is 3. The smallest absolute Gasteiger partial charge is 0.251 e. The molecule has 6 aromatic rings. The number of halogens is 1. The summed E-state index contributed by atoms with van der Waals surface area (Å²) in [6.45, 7) is 11.5. The van der Waals surface area contributed by atoms with Crippen LogP contribution in [-0.2, 0) is 26.2 Å². The first-order chi connectivity index (χ1) is 23.7. The fourth-order valence-corrected chi connectivity index (χ4v) is 6.03. The molecule has 4 aromatic heterocycles. The van der Waals surface area contributed by atoms with Gasteiger partial charge in [0.2, 0.25) is 17.8 Å². The number of amides is 2. The normalized spacial score (nSPS) is 11.2. The van der Waals surface area contributed by atoms with Crippen LogP contribution < -0.4 is 27.4 Å². The summed E-state index contributed by atoms with van der Waals surface area (Å²) in [4.78, 5) is 34.4. The van der Waals surface area contributed by atoms with Crippen LogP contribution in [0.25, 0.3) is 22.1 Å². The van der Waals surface area contributed by atoms with E-state index in [1.54, 1.807) is 12.1 Å². The van der Waals surface area contributed by atoms with Gasteiger partial charge < -0.3 is 36.6 Å². The van der Waals surface area contributed by atoms with Gasteiger partial charge >= 0.3 is 0 Å². The molecule has 2 aromatic carbocycles. The van der Waals surface area contributed by atoms with Crippen molar-refractivity contribution in [3.8, 4) is 0 Å². The highest BCUT2D eigenvalue weighted by Gasteiger charge is 2.18. The van der Waals surface area contributed by atoms with Crippen molar-refractivity contribution in [2.45, 2.75) is 66.7 Å². The van der Waals surface area contributed by atoms with Crippen molar-refractivity contribution >= 4 is 69.8 Å². The molecule has 16 heteroatoms. The first-order valence-electron chi connectivity index (χ1n) is 16.6. The van der Waals surface area contributed by atoms with E-state index in [0.717, 1.165) is 46.9 Å². The Bertz CT molecular complexity index is 2140. The molecule has 6 rings (SSSR count). The van der Waals surface area contributed by atoms with Gasteiger partial charge in [-0.05, 0) is 76.9 Å². The van der Waals surface area contributed by atoms with E-state index in [-0.39, 0.29) is 18.3 Å². The van der Waals surface area contributed by atoms with Crippen molar-refractivity contribution in [2.75, 3.05) is 23.7 Å². The monoisotopic (exact) mass is 701 g/mol. The second kappa shape index (κ2) is 15.4. The molecule has 50 heavy (non-hydrogen) atoms. The number of fused-ring (bicyclic) bond motifs is 2. The fourth-order valence-electron chi connectivity index (χ4n) is 6.03. The lowest BCUT2D eigenvalue weighted by Gasteiger charge is -2.14. The van der Waals surface area contributed by atoms with E-state index in [9.17, 15) is 9.59 Å². The van der Waals surface area contributed by atoms with Crippen LogP contribution in [-0.4, -0.2) is 63.6 Å². The number of rotatable bonds is 15. The van der Waals surface area contributed by atoms with Crippen LogP contribution in [0.5, 0.6) is 0 Å². The summed E-state index contributed by atoms with van der Waals surface area (Å²) in [5.41, 5.74) is 17.1. The number of anilines is 4. The van der Waals surface area contributed by atoms with Crippen molar-refractivity contribution in [3.05, 3.63) is 71.0 Å². The number of nitrogens with zero attached hydrogens (tertiary/aromatic N) is 8.